The van der Waals surface area contributed by atoms with Crippen molar-refractivity contribution >= 4 is 17.3 Å². The second-order valence-corrected chi connectivity index (χ2v) is 4.52. The second-order valence-electron chi connectivity index (χ2n) is 3.39. The number of hydrogen-bond acceptors (Lipinski definition) is 5. The Bertz CT molecular complexity index is 504. The number of aromatic carboxylic acids is 1. The summed E-state index contributed by atoms with van der Waals surface area (Å²) in [6.07, 6.45) is 3.79. The Morgan fingerprint density at radius 1 is 1.65 bits per heavy atom. The first-order valence-corrected chi connectivity index (χ1v) is 5.89. The van der Waals surface area contributed by atoms with E-state index in [-0.39, 0.29) is 11.5 Å². The van der Waals surface area contributed by atoms with Crippen molar-refractivity contribution in [2.24, 2.45) is 0 Å². The normalized spacial score (nSPS) is 10.4. The first kappa shape index (κ1) is 11.7. The van der Waals surface area contributed by atoms with E-state index in [2.05, 4.69) is 9.68 Å². The molecule has 0 unspecified atom stereocenters. The van der Waals surface area contributed by atoms with E-state index in [0.717, 1.165) is 16.9 Å². The number of carboxylic acids is 1. The Balaban J connectivity index is 2.13. The van der Waals surface area contributed by atoms with Crippen LogP contribution in [-0.2, 0) is 13.0 Å². The summed E-state index contributed by atoms with van der Waals surface area (Å²) in [5, 5.41) is 12.6. The lowest BCUT2D eigenvalue weighted by Crippen LogP contribution is -1.99. The molecule has 0 saturated heterocycles. The standard InChI is InChI=1S/C11H11NO4S/c1-2-8-3-9(10(17-8)11(13)14)15-5-7-4-12-16-6-7/h3-4,6H,2,5H2,1H3,(H,13,14). The third-order valence-corrected chi connectivity index (χ3v) is 3.42. The number of carboxylic acid groups (broad SMARTS) is 1. The van der Waals surface area contributed by atoms with Gasteiger partial charge in [0.15, 0.2) is 4.88 Å². The van der Waals surface area contributed by atoms with E-state index in [1.165, 1.54) is 23.8 Å². The zero-order valence-electron chi connectivity index (χ0n) is 9.17. The van der Waals surface area contributed by atoms with Crippen molar-refractivity contribution in [3.8, 4) is 5.75 Å². The second kappa shape index (κ2) is 5.01. The third-order valence-electron chi connectivity index (χ3n) is 2.17. The van der Waals surface area contributed by atoms with Crippen LogP contribution in [0.4, 0.5) is 0 Å². The molecule has 0 aliphatic carbocycles. The molecule has 0 saturated carbocycles. The molecule has 0 fully saturated rings. The van der Waals surface area contributed by atoms with Gasteiger partial charge in [-0.1, -0.05) is 12.1 Å². The number of hydrogen-bond donors (Lipinski definition) is 1. The smallest absolute Gasteiger partial charge is 0.349 e. The van der Waals surface area contributed by atoms with Crippen molar-refractivity contribution in [2.75, 3.05) is 0 Å². The topological polar surface area (TPSA) is 72.6 Å². The predicted molar refractivity (Wildman–Crippen MR) is 61.5 cm³/mol. The van der Waals surface area contributed by atoms with E-state index in [4.69, 9.17) is 9.84 Å². The number of ether oxygens (including phenoxy) is 1. The molecule has 6 heteroatoms. The lowest BCUT2D eigenvalue weighted by molar-refractivity contribution is 0.0697. The molecule has 5 nitrogen and oxygen atoms in total. The molecular formula is C11H11NO4S. The van der Waals surface area contributed by atoms with Crippen molar-refractivity contribution in [3.05, 3.63) is 33.8 Å². The molecule has 0 aromatic carbocycles. The molecule has 0 atom stereocenters. The highest BCUT2D eigenvalue weighted by Crippen LogP contribution is 2.30. The van der Waals surface area contributed by atoms with Gasteiger partial charge in [-0.05, 0) is 12.5 Å². The Labute approximate surface area is 102 Å². The van der Waals surface area contributed by atoms with E-state index in [1.807, 2.05) is 6.92 Å². The summed E-state index contributed by atoms with van der Waals surface area (Å²) in [4.78, 5) is 12.2. The zero-order chi connectivity index (χ0) is 12.3. The van der Waals surface area contributed by atoms with Gasteiger partial charge in [-0.2, -0.15) is 0 Å². The molecule has 17 heavy (non-hydrogen) atoms. The Hall–Kier alpha value is -1.82. The van der Waals surface area contributed by atoms with Crippen LogP contribution in [-0.4, -0.2) is 16.2 Å². The molecule has 90 valence electrons. The van der Waals surface area contributed by atoms with Crippen LogP contribution in [0.5, 0.6) is 5.75 Å². The predicted octanol–water partition coefficient (Wildman–Crippen LogP) is 2.58. The lowest BCUT2D eigenvalue weighted by Gasteiger charge is -2.02. The molecule has 0 bridgehead atoms. The fraction of sp³-hybridized carbons (Fsp3) is 0.273. The summed E-state index contributed by atoms with van der Waals surface area (Å²) in [5.41, 5.74) is 0.769. The van der Waals surface area contributed by atoms with E-state index in [9.17, 15) is 4.79 Å². The van der Waals surface area contributed by atoms with Gasteiger partial charge in [0.25, 0.3) is 0 Å². The zero-order valence-corrected chi connectivity index (χ0v) is 9.99. The summed E-state index contributed by atoms with van der Waals surface area (Å²) in [6.45, 7) is 2.23. The molecular weight excluding hydrogens is 242 g/mol. The van der Waals surface area contributed by atoms with Gasteiger partial charge in [0, 0.05) is 10.4 Å². The highest BCUT2D eigenvalue weighted by atomic mass is 32.1. The molecule has 0 radical (unpaired) electrons. The highest BCUT2D eigenvalue weighted by molar-refractivity contribution is 7.14. The van der Waals surface area contributed by atoms with Gasteiger partial charge in [-0.15, -0.1) is 11.3 Å². The Kier molecular flexibility index (Phi) is 3.43. The van der Waals surface area contributed by atoms with E-state index >= 15 is 0 Å². The Morgan fingerprint density at radius 3 is 3.06 bits per heavy atom. The first-order chi connectivity index (χ1) is 8.20. The summed E-state index contributed by atoms with van der Waals surface area (Å²) in [5.74, 6) is -0.560. The largest absolute Gasteiger partial charge is 0.487 e. The summed E-state index contributed by atoms with van der Waals surface area (Å²) in [6, 6.07) is 1.77. The number of nitrogens with zero attached hydrogens (tertiary/aromatic N) is 1. The van der Waals surface area contributed by atoms with Gasteiger partial charge in [-0.25, -0.2) is 4.79 Å². The maximum Gasteiger partial charge on any atom is 0.349 e. The fourth-order valence-corrected chi connectivity index (χ4v) is 2.19. The molecule has 2 aromatic rings. The maximum absolute atomic E-state index is 11.0. The van der Waals surface area contributed by atoms with Gasteiger partial charge in [-0.3, -0.25) is 0 Å². The SMILES string of the molecule is CCc1cc(OCc2cnoc2)c(C(=O)O)s1. The van der Waals surface area contributed by atoms with Crippen LogP contribution in [0.3, 0.4) is 0 Å². The van der Waals surface area contributed by atoms with Gasteiger partial charge in [0.1, 0.15) is 18.6 Å². The number of aryl methyl sites for hydroxylation is 1. The van der Waals surface area contributed by atoms with E-state index in [0.29, 0.717) is 5.75 Å². The number of rotatable bonds is 5. The maximum atomic E-state index is 11.0. The van der Waals surface area contributed by atoms with Crippen molar-refractivity contribution < 1.29 is 19.2 Å². The average molecular weight is 253 g/mol. The van der Waals surface area contributed by atoms with Gasteiger partial charge < -0.3 is 14.4 Å². The van der Waals surface area contributed by atoms with Gasteiger partial charge in [0.2, 0.25) is 0 Å². The highest BCUT2D eigenvalue weighted by Gasteiger charge is 2.16. The Morgan fingerprint density at radius 2 is 2.47 bits per heavy atom. The number of carbonyl (C=O) groups is 1. The molecule has 0 spiro atoms. The van der Waals surface area contributed by atoms with Crippen molar-refractivity contribution in [2.45, 2.75) is 20.0 Å². The molecule has 0 aliphatic heterocycles. The lowest BCUT2D eigenvalue weighted by atomic mass is 10.3. The minimum Gasteiger partial charge on any atom is -0.487 e. The molecule has 2 rings (SSSR count). The molecule has 2 aromatic heterocycles. The molecule has 0 aliphatic rings. The van der Waals surface area contributed by atoms with Gasteiger partial charge >= 0.3 is 5.97 Å². The summed E-state index contributed by atoms with van der Waals surface area (Å²) in [7, 11) is 0. The minimum atomic E-state index is -0.963. The van der Waals surface area contributed by atoms with Crippen molar-refractivity contribution in [1.29, 1.82) is 0 Å². The minimum absolute atomic E-state index is 0.235. The van der Waals surface area contributed by atoms with Crippen LogP contribution in [0.25, 0.3) is 0 Å². The van der Waals surface area contributed by atoms with Crippen LogP contribution in [0.2, 0.25) is 0 Å². The van der Waals surface area contributed by atoms with Crippen molar-refractivity contribution in [1.82, 2.24) is 5.16 Å². The molecule has 1 N–H and O–H groups in total. The molecule has 2 heterocycles. The van der Waals surface area contributed by atoms with Gasteiger partial charge in [0.05, 0.1) is 6.20 Å². The average Bonchev–Trinajstić information content (AvgIpc) is 2.95. The summed E-state index contributed by atoms with van der Waals surface area (Å²) < 4.78 is 10.1. The van der Waals surface area contributed by atoms with Crippen LogP contribution in [0.1, 0.15) is 27.0 Å². The fourth-order valence-electron chi connectivity index (χ4n) is 1.31. The van der Waals surface area contributed by atoms with E-state index in [1.54, 1.807) is 6.07 Å². The monoisotopic (exact) mass is 253 g/mol. The van der Waals surface area contributed by atoms with Crippen LogP contribution >= 0.6 is 11.3 Å². The quantitative estimate of drug-likeness (QED) is 0.886. The molecule has 0 amide bonds. The number of aromatic nitrogens is 1. The van der Waals surface area contributed by atoms with Crippen LogP contribution < -0.4 is 4.74 Å². The third kappa shape index (κ3) is 2.65. The van der Waals surface area contributed by atoms with Crippen LogP contribution in [0, 0.1) is 0 Å². The first-order valence-electron chi connectivity index (χ1n) is 5.07. The number of thiophene rings is 1. The van der Waals surface area contributed by atoms with E-state index < -0.39 is 5.97 Å². The summed E-state index contributed by atoms with van der Waals surface area (Å²) >= 11 is 1.24. The van der Waals surface area contributed by atoms with Crippen molar-refractivity contribution in [3.63, 3.8) is 0 Å². The van der Waals surface area contributed by atoms with Crippen LogP contribution in [0.15, 0.2) is 23.0 Å².